The average Bonchev–Trinajstić information content (AvgIpc) is 3.21. The largest absolute Gasteiger partial charge is 0.493 e. The molecule has 0 spiro atoms. The Morgan fingerprint density at radius 1 is 1.09 bits per heavy atom. The molecule has 0 N–H and O–H groups in total. The van der Waals surface area contributed by atoms with Crippen LogP contribution in [0.5, 0.6) is 11.5 Å². The van der Waals surface area contributed by atoms with Gasteiger partial charge < -0.3 is 18.9 Å². The van der Waals surface area contributed by atoms with E-state index in [4.69, 9.17) is 18.9 Å². The molecule has 0 aromatic heterocycles. The summed E-state index contributed by atoms with van der Waals surface area (Å²) in [6.45, 7) is 5.26. The number of carbonyl (C=O) groups is 2. The molecule has 2 atom stereocenters. The molecule has 2 amide bonds. The second kappa shape index (κ2) is 11.7. The molecule has 1 heterocycles. The first-order chi connectivity index (χ1) is 16.0. The zero-order chi connectivity index (χ0) is 23.8. The van der Waals surface area contributed by atoms with Gasteiger partial charge in [-0.2, -0.15) is 0 Å². The van der Waals surface area contributed by atoms with Gasteiger partial charge in [-0.05, 0) is 35.6 Å². The maximum absolute atomic E-state index is 13.6. The Kier molecular flexibility index (Phi) is 8.72. The van der Waals surface area contributed by atoms with E-state index in [1.165, 1.54) is 4.90 Å². The van der Waals surface area contributed by atoms with Crippen molar-refractivity contribution in [3.63, 3.8) is 0 Å². The number of carbonyl (C=O) groups excluding carboxylic acids is 2. The molecule has 0 aliphatic carbocycles. The van der Waals surface area contributed by atoms with Crippen molar-refractivity contribution < 1.29 is 28.5 Å². The fourth-order valence-corrected chi connectivity index (χ4v) is 3.97. The number of nitrogens with zero attached hydrogens (tertiary/aromatic N) is 1. The maximum Gasteiger partial charge on any atom is 0.417 e. The number of ether oxygens (including phenoxy) is 4. The first-order valence-corrected chi connectivity index (χ1v) is 11.3. The SMILES string of the molecule is COCCCOc1cc(CC(C(=O)N2C(=O)OCC2c2ccccc2)C(C)C)ccc1OC. The predicted octanol–water partition coefficient (Wildman–Crippen LogP) is 4.65. The van der Waals surface area contributed by atoms with E-state index in [9.17, 15) is 9.59 Å². The first kappa shape index (κ1) is 24.6. The molecule has 178 valence electrons. The van der Waals surface area contributed by atoms with Crippen LogP contribution in [0.1, 0.15) is 37.4 Å². The van der Waals surface area contributed by atoms with E-state index in [1.54, 1.807) is 14.2 Å². The van der Waals surface area contributed by atoms with Gasteiger partial charge in [0.15, 0.2) is 11.5 Å². The monoisotopic (exact) mass is 455 g/mol. The number of hydrogen-bond donors (Lipinski definition) is 0. The highest BCUT2D eigenvalue weighted by Crippen LogP contribution is 2.34. The second-order valence-electron chi connectivity index (χ2n) is 8.45. The third-order valence-electron chi connectivity index (χ3n) is 5.85. The number of benzene rings is 2. The fraction of sp³-hybridized carbons (Fsp3) is 0.462. The van der Waals surface area contributed by atoms with Crippen molar-refractivity contribution in [1.82, 2.24) is 4.90 Å². The molecular weight excluding hydrogens is 422 g/mol. The van der Waals surface area contributed by atoms with Gasteiger partial charge in [-0.1, -0.05) is 50.2 Å². The summed E-state index contributed by atoms with van der Waals surface area (Å²) in [5.74, 6) is 0.673. The van der Waals surface area contributed by atoms with Gasteiger partial charge in [0.2, 0.25) is 5.91 Å². The molecule has 7 heteroatoms. The Morgan fingerprint density at radius 3 is 2.52 bits per heavy atom. The fourth-order valence-electron chi connectivity index (χ4n) is 3.97. The van der Waals surface area contributed by atoms with Crippen molar-refractivity contribution in [1.29, 1.82) is 0 Å². The summed E-state index contributed by atoms with van der Waals surface area (Å²) in [4.78, 5) is 27.4. The second-order valence-corrected chi connectivity index (χ2v) is 8.45. The quantitative estimate of drug-likeness (QED) is 0.460. The highest BCUT2D eigenvalue weighted by molar-refractivity contribution is 5.95. The van der Waals surface area contributed by atoms with E-state index in [0.29, 0.717) is 31.1 Å². The molecule has 2 unspecified atom stereocenters. The molecule has 1 saturated heterocycles. The number of methoxy groups -OCH3 is 2. The molecule has 33 heavy (non-hydrogen) atoms. The third kappa shape index (κ3) is 6.05. The average molecular weight is 456 g/mol. The van der Waals surface area contributed by atoms with Crippen LogP contribution in [0.25, 0.3) is 0 Å². The number of imide groups is 1. The van der Waals surface area contributed by atoms with Gasteiger partial charge in [-0.15, -0.1) is 0 Å². The molecular formula is C26H33NO6. The minimum Gasteiger partial charge on any atom is -0.493 e. The summed E-state index contributed by atoms with van der Waals surface area (Å²) in [5, 5.41) is 0. The van der Waals surface area contributed by atoms with Gasteiger partial charge in [0, 0.05) is 26.1 Å². The Hall–Kier alpha value is -3.06. The van der Waals surface area contributed by atoms with Gasteiger partial charge >= 0.3 is 6.09 Å². The van der Waals surface area contributed by atoms with Crippen LogP contribution in [0.15, 0.2) is 48.5 Å². The topological polar surface area (TPSA) is 74.3 Å². The summed E-state index contributed by atoms with van der Waals surface area (Å²) >= 11 is 0. The number of hydrogen-bond acceptors (Lipinski definition) is 6. The molecule has 0 radical (unpaired) electrons. The first-order valence-electron chi connectivity index (χ1n) is 11.3. The maximum atomic E-state index is 13.6. The van der Waals surface area contributed by atoms with Gasteiger partial charge in [-0.3, -0.25) is 4.79 Å². The number of rotatable bonds is 11. The van der Waals surface area contributed by atoms with Crippen LogP contribution in [0.3, 0.4) is 0 Å². The Balaban J connectivity index is 1.80. The highest BCUT2D eigenvalue weighted by Gasteiger charge is 2.42. The molecule has 7 nitrogen and oxygen atoms in total. The van der Waals surface area contributed by atoms with Crippen LogP contribution in [-0.4, -0.2) is 50.9 Å². The normalized spacial score (nSPS) is 16.6. The van der Waals surface area contributed by atoms with Crippen LogP contribution in [-0.2, 0) is 20.7 Å². The number of amides is 2. The third-order valence-corrected chi connectivity index (χ3v) is 5.85. The van der Waals surface area contributed by atoms with Crippen LogP contribution >= 0.6 is 0 Å². The smallest absolute Gasteiger partial charge is 0.417 e. The molecule has 1 fully saturated rings. The van der Waals surface area contributed by atoms with E-state index >= 15 is 0 Å². The summed E-state index contributed by atoms with van der Waals surface area (Å²) in [6.07, 6.45) is 0.645. The van der Waals surface area contributed by atoms with E-state index in [2.05, 4.69) is 0 Å². The lowest BCUT2D eigenvalue weighted by Gasteiger charge is -2.27. The summed E-state index contributed by atoms with van der Waals surface area (Å²) < 4.78 is 21.7. The Morgan fingerprint density at radius 2 is 1.85 bits per heavy atom. The molecule has 1 aliphatic rings. The van der Waals surface area contributed by atoms with Crippen molar-refractivity contribution in [2.24, 2.45) is 11.8 Å². The van der Waals surface area contributed by atoms with Crippen molar-refractivity contribution >= 4 is 12.0 Å². The van der Waals surface area contributed by atoms with E-state index in [1.807, 2.05) is 62.4 Å². The van der Waals surface area contributed by atoms with Crippen molar-refractivity contribution in [3.8, 4) is 11.5 Å². The van der Waals surface area contributed by atoms with E-state index in [0.717, 1.165) is 17.5 Å². The van der Waals surface area contributed by atoms with E-state index in [-0.39, 0.29) is 18.4 Å². The lowest BCUT2D eigenvalue weighted by molar-refractivity contribution is -0.135. The number of cyclic esters (lactones) is 1. The summed E-state index contributed by atoms with van der Waals surface area (Å²) in [6, 6.07) is 14.8. The predicted molar refractivity (Wildman–Crippen MR) is 124 cm³/mol. The molecule has 2 aromatic rings. The van der Waals surface area contributed by atoms with Crippen LogP contribution in [0, 0.1) is 11.8 Å². The highest BCUT2D eigenvalue weighted by atomic mass is 16.6. The van der Waals surface area contributed by atoms with Gasteiger partial charge in [-0.25, -0.2) is 9.69 Å². The Labute approximate surface area is 195 Å². The molecule has 0 bridgehead atoms. The molecule has 3 rings (SSSR count). The van der Waals surface area contributed by atoms with Crippen LogP contribution in [0.4, 0.5) is 4.79 Å². The standard InChI is InChI=1S/C26H33NO6/c1-18(2)21(15-19-11-12-23(31-4)24(16-19)32-14-8-13-30-3)25(28)27-22(17-33-26(27)29)20-9-6-5-7-10-20/h5-7,9-12,16,18,21-22H,8,13-15,17H2,1-4H3. The lowest BCUT2D eigenvalue weighted by atomic mass is 9.87. The molecule has 2 aromatic carbocycles. The zero-order valence-corrected chi connectivity index (χ0v) is 19.8. The van der Waals surface area contributed by atoms with Gasteiger partial charge in [0.1, 0.15) is 12.6 Å². The van der Waals surface area contributed by atoms with Crippen LogP contribution < -0.4 is 9.47 Å². The summed E-state index contributed by atoms with van der Waals surface area (Å²) in [5.41, 5.74) is 1.82. The van der Waals surface area contributed by atoms with Crippen molar-refractivity contribution in [2.75, 3.05) is 34.0 Å². The lowest BCUT2D eigenvalue weighted by Crippen LogP contribution is -2.41. The van der Waals surface area contributed by atoms with Crippen molar-refractivity contribution in [2.45, 2.75) is 32.7 Å². The van der Waals surface area contributed by atoms with E-state index < -0.39 is 18.1 Å². The molecule has 0 saturated carbocycles. The van der Waals surface area contributed by atoms with Gasteiger partial charge in [0.05, 0.1) is 13.7 Å². The van der Waals surface area contributed by atoms with Crippen molar-refractivity contribution in [3.05, 3.63) is 59.7 Å². The molecule has 1 aliphatic heterocycles. The van der Waals surface area contributed by atoms with Crippen LogP contribution in [0.2, 0.25) is 0 Å². The van der Waals surface area contributed by atoms with Gasteiger partial charge in [0.25, 0.3) is 0 Å². The minimum atomic E-state index is -0.587. The minimum absolute atomic E-state index is 0.0236. The Bertz CT molecular complexity index is 930. The zero-order valence-electron chi connectivity index (χ0n) is 19.8. The summed E-state index contributed by atoms with van der Waals surface area (Å²) in [7, 11) is 3.25.